The molecule has 3 heterocycles. The average molecular weight is 291 g/mol. The molecule has 20 heavy (non-hydrogen) atoms. The van der Waals surface area contributed by atoms with E-state index in [1.807, 2.05) is 4.68 Å². The summed E-state index contributed by atoms with van der Waals surface area (Å²) in [6.07, 6.45) is 4.80. The van der Waals surface area contributed by atoms with E-state index >= 15 is 0 Å². The molecular formula is C14H21N5S. The number of likely N-dealkylation sites (tertiary alicyclic amines) is 1. The molecule has 108 valence electrons. The Morgan fingerprint density at radius 2 is 2.40 bits per heavy atom. The Kier molecular flexibility index (Phi) is 4.42. The number of aryl methyl sites for hydroxylation is 1. The number of hydrogen-bond donors (Lipinski definition) is 0. The van der Waals surface area contributed by atoms with Gasteiger partial charge >= 0.3 is 0 Å². The Balaban J connectivity index is 1.69. The third-order valence-corrected chi connectivity index (χ3v) is 4.67. The van der Waals surface area contributed by atoms with Crippen LogP contribution in [0, 0.1) is 0 Å². The fraction of sp³-hybridized carbons (Fsp3) is 0.643. The summed E-state index contributed by atoms with van der Waals surface area (Å²) < 4.78 is 1.96. The van der Waals surface area contributed by atoms with Gasteiger partial charge in [-0.2, -0.15) is 11.3 Å². The highest BCUT2D eigenvalue weighted by atomic mass is 32.1. The third kappa shape index (κ3) is 2.91. The van der Waals surface area contributed by atoms with E-state index in [4.69, 9.17) is 0 Å². The minimum absolute atomic E-state index is 0.539. The van der Waals surface area contributed by atoms with Crippen LogP contribution >= 0.6 is 11.3 Å². The first-order chi connectivity index (χ1) is 9.88. The van der Waals surface area contributed by atoms with Gasteiger partial charge in [-0.15, -0.1) is 5.10 Å². The molecule has 1 atom stereocenters. The Morgan fingerprint density at radius 3 is 3.20 bits per heavy atom. The van der Waals surface area contributed by atoms with Gasteiger partial charge in [-0.25, -0.2) is 4.68 Å². The average Bonchev–Trinajstić information content (AvgIpc) is 3.18. The zero-order chi connectivity index (χ0) is 13.8. The van der Waals surface area contributed by atoms with E-state index in [0.29, 0.717) is 6.04 Å². The first-order valence-corrected chi connectivity index (χ1v) is 8.34. The lowest BCUT2D eigenvalue weighted by Gasteiger charge is -2.23. The molecular weight excluding hydrogens is 270 g/mol. The lowest BCUT2D eigenvalue weighted by Crippen LogP contribution is -2.24. The molecule has 2 aromatic heterocycles. The summed E-state index contributed by atoms with van der Waals surface area (Å²) in [6.45, 7) is 5.12. The van der Waals surface area contributed by atoms with Crippen molar-refractivity contribution in [2.24, 2.45) is 0 Å². The number of nitrogens with zero attached hydrogens (tertiary/aromatic N) is 5. The number of tetrazole rings is 1. The molecule has 0 saturated carbocycles. The summed E-state index contributed by atoms with van der Waals surface area (Å²) in [4.78, 5) is 2.51. The Bertz CT molecular complexity index is 521. The molecule has 3 rings (SSSR count). The normalized spacial score (nSPS) is 19.8. The van der Waals surface area contributed by atoms with Crippen LogP contribution in [0.25, 0.3) is 0 Å². The molecule has 0 bridgehead atoms. The largest absolute Gasteiger partial charge is 0.289 e. The molecule has 6 heteroatoms. The molecule has 0 amide bonds. The van der Waals surface area contributed by atoms with Crippen LogP contribution in [0.4, 0.5) is 0 Å². The number of aromatic nitrogens is 4. The highest BCUT2D eigenvalue weighted by molar-refractivity contribution is 7.07. The number of unbranched alkanes of at least 4 members (excludes halogenated alkanes) is 1. The zero-order valence-corrected chi connectivity index (χ0v) is 12.7. The van der Waals surface area contributed by atoms with E-state index in [-0.39, 0.29) is 0 Å². The van der Waals surface area contributed by atoms with Crippen molar-refractivity contribution in [3.05, 3.63) is 28.2 Å². The van der Waals surface area contributed by atoms with Crippen molar-refractivity contribution >= 4 is 11.3 Å². The molecule has 1 fully saturated rings. The quantitative estimate of drug-likeness (QED) is 0.821. The summed E-state index contributed by atoms with van der Waals surface area (Å²) in [5, 5.41) is 16.6. The Labute approximate surface area is 123 Å². The van der Waals surface area contributed by atoms with E-state index in [1.54, 1.807) is 11.3 Å². The van der Waals surface area contributed by atoms with Gasteiger partial charge in [0.15, 0.2) is 5.82 Å². The van der Waals surface area contributed by atoms with Crippen LogP contribution in [-0.2, 0) is 13.1 Å². The second kappa shape index (κ2) is 6.45. The zero-order valence-electron chi connectivity index (χ0n) is 11.9. The van der Waals surface area contributed by atoms with E-state index < -0.39 is 0 Å². The summed E-state index contributed by atoms with van der Waals surface area (Å²) in [7, 11) is 0. The molecule has 0 aliphatic carbocycles. The van der Waals surface area contributed by atoms with Crippen molar-refractivity contribution in [2.75, 3.05) is 6.54 Å². The molecule has 1 aliphatic rings. The van der Waals surface area contributed by atoms with E-state index in [9.17, 15) is 0 Å². The first-order valence-electron chi connectivity index (χ1n) is 7.39. The Hall–Kier alpha value is -1.27. The predicted molar refractivity (Wildman–Crippen MR) is 79.4 cm³/mol. The maximum Gasteiger partial charge on any atom is 0.165 e. The van der Waals surface area contributed by atoms with Gasteiger partial charge < -0.3 is 0 Å². The lowest BCUT2D eigenvalue weighted by atomic mass is 10.1. The van der Waals surface area contributed by atoms with Gasteiger partial charge in [0, 0.05) is 12.6 Å². The predicted octanol–water partition coefficient (Wildman–Crippen LogP) is 2.87. The summed E-state index contributed by atoms with van der Waals surface area (Å²) in [5.41, 5.74) is 1.44. The second-order valence-corrected chi connectivity index (χ2v) is 6.14. The van der Waals surface area contributed by atoms with E-state index in [2.05, 4.69) is 44.2 Å². The lowest BCUT2D eigenvalue weighted by molar-refractivity contribution is 0.237. The highest BCUT2D eigenvalue weighted by Gasteiger charge is 2.27. The highest BCUT2D eigenvalue weighted by Crippen LogP contribution is 2.33. The molecule has 0 spiro atoms. The molecule has 1 saturated heterocycles. The summed E-state index contributed by atoms with van der Waals surface area (Å²) >= 11 is 1.78. The van der Waals surface area contributed by atoms with Crippen molar-refractivity contribution in [1.82, 2.24) is 25.1 Å². The van der Waals surface area contributed by atoms with Crippen LogP contribution in [0.1, 0.15) is 50.0 Å². The van der Waals surface area contributed by atoms with Crippen molar-refractivity contribution in [2.45, 2.75) is 51.7 Å². The molecule has 0 radical (unpaired) electrons. The van der Waals surface area contributed by atoms with Crippen molar-refractivity contribution in [3.8, 4) is 0 Å². The maximum absolute atomic E-state index is 4.21. The monoisotopic (exact) mass is 291 g/mol. The third-order valence-electron chi connectivity index (χ3n) is 3.97. The maximum atomic E-state index is 4.21. The van der Waals surface area contributed by atoms with Crippen LogP contribution in [0.15, 0.2) is 16.8 Å². The number of hydrogen-bond acceptors (Lipinski definition) is 5. The fourth-order valence-electron chi connectivity index (χ4n) is 2.86. The first kappa shape index (κ1) is 13.7. The summed E-state index contributed by atoms with van der Waals surface area (Å²) in [6, 6.07) is 2.78. The number of thiophene rings is 1. The topological polar surface area (TPSA) is 46.8 Å². The van der Waals surface area contributed by atoms with Crippen LogP contribution in [0.5, 0.6) is 0 Å². The van der Waals surface area contributed by atoms with Crippen LogP contribution < -0.4 is 0 Å². The van der Waals surface area contributed by atoms with Gasteiger partial charge in [0.25, 0.3) is 0 Å². The van der Waals surface area contributed by atoms with Gasteiger partial charge in [-0.1, -0.05) is 13.3 Å². The summed E-state index contributed by atoms with van der Waals surface area (Å²) in [5.74, 6) is 1.00. The standard InChI is InChI=1S/C14H21N5S/c1-2-3-8-19-14(15-16-17-19)10-18-7-4-5-13(18)12-6-9-20-11-12/h6,9,11,13H,2-5,7-8,10H2,1H3/t13-/m0/s1. The van der Waals surface area contributed by atoms with Crippen molar-refractivity contribution < 1.29 is 0 Å². The van der Waals surface area contributed by atoms with Gasteiger partial charge in [-0.05, 0) is 58.6 Å². The van der Waals surface area contributed by atoms with E-state index in [0.717, 1.165) is 31.9 Å². The Morgan fingerprint density at radius 1 is 1.45 bits per heavy atom. The minimum atomic E-state index is 0.539. The van der Waals surface area contributed by atoms with Crippen molar-refractivity contribution in [3.63, 3.8) is 0 Å². The van der Waals surface area contributed by atoms with Gasteiger partial charge in [0.1, 0.15) is 0 Å². The van der Waals surface area contributed by atoms with Crippen LogP contribution in [0.3, 0.4) is 0 Å². The van der Waals surface area contributed by atoms with Gasteiger partial charge in [0.2, 0.25) is 0 Å². The molecule has 2 aromatic rings. The molecule has 5 nitrogen and oxygen atoms in total. The molecule has 1 aliphatic heterocycles. The smallest absolute Gasteiger partial charge is 0.165 e. The second-order valence-electron chi connectivity index (χ2n) is 5.36. The van der Waals surface area contributed by atoms with Crippen LogP contribution in [0.2, 0.25) is 0 Å². The SMILES string of the molecule is CCCCn1nnnc1CN1CCC[C@H]1c1ccsc1. The molecule has 0 unspecified atom stereocenters. The minimum Gasteiger partial charge on any atom is -0.289 e. The molecule has 0 aromatic carbocycles. The van der Waals surface area contributed by atoms with E-state index in [1.165, 1.54) is 24.8 Å². The molecule has 0 N–H and O–H groups in total. The number of rotatable bonds is 6. The fourth-order valence-corrected chi connectivity index (χ4v) is 3.56. The van der Waals surface area contributed by atoms with Gasteiger partial charge in [0.05, 0.1) is 6.54 Å². The van der Waals surface area contributed by atoms with Gasteiger partial charge in [-0.3, -0.25) is 4.90 Å². The van der Waals surface area contributed by atoms with Crippen LogP contribution in [-0.4, -0.2) is 31.7 Å². The van der Waals surface area contributed by atoms with Crippen molar-refractivity contribution in [1.29, 1.82) is 0 Å².